The Bertz CT molecular complexity index is 561. The van der Waals surface area contributed by atoms with Crippen LogP contribution < -0.4 is 0 Å². The van der Waals surface area contributed by atoms with Crippen molar-refractivity contribution in [3.63, 3.8) is 0 Å². The second kappa shape index (κ2) is 3.70. The zero-order chi connectivity index (χ0) is 12.0. The summed E-state index contributed by atoms with van der Waals surface area (Å²) in [7, 11) is 2.05. The van der Waals surface area contributed by atoms with E-state index >= 15 is 0 Å². The minimum atomic E-state index is 0.194. The summed E-state index contributed by atoms with van der Waals surface area (Å²) in [4.78, 5) is 16.0. The Balaban J connectivity index is 2.20. The highest BCUT2D eigenvalue weighted by Gasteiger charge is 2.33. The van der Waals surface area contributed by atoms with Crippen molar-refractivity contribution in [2.45, 2.75) is 19.5 Å². The van der Waals surface area contributed by atoms with Crippen molar-refractivity contribution in [3.8, 4) is 0 Å². The third kappa shape index (κ3) is 1.42. The van der Waals surface area contributed by atoms with Crippen molar-refractivity contribution in [2.24, 2.45) is 4.99 Å². The molecule has 17 heavy (non-hydrogen) atoms. The first-order valence-corrected chi connectivity index (χ1v) is 6.00. The molecule has 1 unspecified atom stereocenters. The highest BCUT2D eigenvalue weighted by atomic mass is 32.1. The highest BCUT2D eigenvalue weighted by Crippen LogP contribution is 2.29. The lowest BCUT2D eigenvalue weighted by Gasteiger charge is -2.22. The van der Waals surface area contributed by atoms with E-state index in [1.165, 1.54) is 0 Å². The van der Waals surface area contributed by atoms with Gasteiger partial charge in [0.05, 0.1) is 10.6 Å². The lowest BCUT2D eigenvalue weighted by Crippen LogP contribution is -2.27. The molecule has 0 saturated heterocycles. The molecule has 0 saturated carbocycles. The second-order valence-electron chi connectivity index (χ2n) is 4.16. The standard InChI is InChI=1S/C12H12N4S/c1-3-10-15-12-8(16(10)2)4-9(17)7-5-13-6-14-11(7)12/h4-6,10H,3H2,1-2H3. The summed E-state index contributed by atoms with van der Waals surface area (Å²) < 4.78 is 0. The molecule has 3 rings (SSSR count). The summed E-state index contributed by atoms with van der Waals surface area (Å²) in [5.74, 6) is 0. The summed E-state index contributed by atoms with van der Waals surface area (Å²) in [6.45, 7) is 2.13. The van der Waals surface area contributed by atoms with E-state index in [0.717, 1.165) is 34.0 Å². The van der Waals surface area contributed by atoms with Crippen molar-refractivity contribution < 1.29 is 0 Å². The molecule has 1 aromatic rings. The van der Waals surface area contributed by atoms with Gasteiger partial charge in [-0.05, 0) is 12.5 Å². The Morgan fingerprint density at radius 3 is 3.06 bits per heavy atom. The molecule has 0 N–H and O–H groups in total. The van der Waals surface area contributed by atoms with Gasteiger partial charge in [-0.25, -0.2) is 9.97 Å². The van der Waals surface area contributed by atoms with E-state index in [4.69, 9.17) is 17.2 Å². The molecule has 0 fully saturated rings. The lowest BCUT2D eigenvalue weighted by atomic mass is 9.99. The van der Waals surface area contributed by atoms with Gasteiger partial charge in [0.1, 0.15) is 23.9 Å². The third-order valence-electron chi connectivity index (χ3n) is 3.18. The summed E-state index contributed by atoms with van der Waals surface area (Å²) in [6, 6.07) is 0. The molecule has 0 aromatic carbocycles. The highest BCUT2D eigenvalue weighted by molar-refractivity contribution is 7.81. The summed E-state index contributed by atoms with van der Waals surface area (Å²) in [5, 5.41) is 0. The number of aliphatic imine (C=N–C) groups is 1. The van der Waals surface area contributed by atoms with Crippen LogP contribution in [0, 0.1) is 0 Å². The van der Waals surface area contributed by atoms with Gasteiger partial charge in [0.2, 0.25) is 0 Å². The monoisotopic (exact) mass is 244 g/mol. The Morgan fingerprint density at radius 1 is 1.47 bits per heavy atom. The fourth-order valence-electron chi connectivity index (χ4n) is 2.25. The van der Waals surface area contributed by atoms with Crippen LogP contribution in [0.15, 0.2) is 29.3 Å². The van der Waals surface area contributed by atoms with Crippen LogP contribution in [0.5, 0.6) is 0 Å². The third-order valence-corrected chi connectivity index (χ3v) is 3.52. The van der Waals surface area contributed by atoms with Gasteiger partial charge in [-0.15, -0.1) is 0 Å². The molecular formula is C12H12N4S. The van der Waals surface area contributed by atoms with Gasteiger partial charge in [0.15, 0.2) is 0 Å². The molecule has 2 heterocycles. The molecule has 1 aliphatic heterocycles. The number of fused-ring (bicyclic) bond motifs is 3. The van der Waals surface area contributed by atoms with E-state index in [2.05, 4.69) is 21.8 Å². The molecule has 4 nitrogen and oxygen atoms in total. The number of nitrogens with zero attached hydrogens (tertiary/aromatic N) is 4. The maximum atomic E-state index is 5.37. The first-order valence-electron chi connectivity index (χ1n) is 5.59. The summed E-state index contributed by atoms with van der Waals surface area (Å²) >= 11 is 5.37. The normalized spacial score (nSPS) is 21.9. The Morgan fingerprint density at radius 2 is 2.29 bits per heavy atom. The van der Waals surface area contributed by atoms with Crippen LogP contribution in [0.1, 0.15) is 24.6 Å². The van der Waals surface area contributed by atoms with Crippen molar-refractivity contribution in [1.82, 2.24) is 14.9 Å². The Labute approximate surface area is 105 Å². The zero-order valence-electron chi connectivity index (χ0n) is 9.71. The van der Waals surface area contributed by atoms with E-state index in [-0.39, 0.29) is 6.17 Å². The molecule has 1 aliphatic carbocycles. The van der Waals surface area contributed by atoms with Crippen LogP contribution in [-0.4, -0.2) is 38.7 Å². The van der Waals surface area contributed by atoms with E-state index in [9.17, 15) is 0 Å². The van der Waals surface area contributed by atoms with Crippen molar-refractivity contribution in [3.05, 3.63) is 35.6 Å². The fourth-order valence-corrected chi connectivity index (χ4v) is 2.51. The number of aromatic nitrogens is 2. The van der Waals surface area contributed by atoms with Gasteiger partial charge in [0.25, 0.3) is 0 Å². The van der Waals surface area contributed by atoms with Crippen LogP contribution in [-0.2, 0) is 0 Å². The number of hydrogen-bond acceptors (Lipinski definition) is 5. The number of hydrogen-bond donors (Lipinski definition) is 0. The quantitative estimate of drug-likeness (QED) is 0.703. The SMILES string of the molecule is CCC1N=C2C(=CC(=S)c3cncnc32)N1C. The van der Waals surface area contributed by atoms with E-state index in [0.29, 0.717) is 0 Å². The molecule has 1 atom stereocenters. The number of likely N-dealkylation sites (N-methyl/N-ethyl adjacent to an activating group) is 1. The maximum Gasteiger partial charge on any atom is 0.121 e. The van der Waals surface area contributed by atoms with Gasteiger partial charge < -0.3 is 4.90 Å². The minimum Gasteiger partial charge on any atom is -0.351 e. The smallest absolute Gasteiger partial charge is 0.121 e. The maximum absolute atomic E-state index is 5.37. The molecule has 5 heteroatoms. The van der Waals surface area contributed by atoms with Crippen molar-refractivity contribution >= 4 is 22.8 Å². The largest absolute Gasteiger partial charge is 0.351 e. The number of rotatable bonds is 1. The van der Waals surface area contributed by atoms with Gasteiger partial charge in [-0.3, -0.25) is 4.99 Å². The summed E-state index contributed by atoms with van der Waals surface area (Å²) in [6.07, 6.45) is 6.48. The Kier molecular flexibility index (Phi) is 2.29. The zero-order valence-corrected chi connectivity index (χ0v) is 10.5. The fraction of sp³-hybridized carbons (Fsp3) is 0.333. The van der Waals surface area contributed by atoms with E-state index < -0.39 is 0 Å². The molecule has 0 amide bonds. The Hall–Kier alpha value is -1.62. The average Bonchev–Trinajstić information content (AvgIpc) is 2.67. The first-order chi connectivity index (χ1) is 8.22. The number of allylic oxidation sites excluding steroid dienone is 2. The first kappa shape index (κ1) is 10.5. The molecule has 0 spiro atoms. The lowest BCUT2D eigenvalue weighted by molar-refractivity contribution is 0.339. The average molecular weight is 244 g/mol. The van der Waals surface area contributed by atoms with E-state index in [1.54, 1.807) is 12.5 Å². The van der Waals surface area contributed by atoms with Crippen LogP contribution >= 0.6 is 12.2 Å². The molecular weight excluding hydrogens is 232 g/mol. The summed E-state index contributed by atoms with van der Waals surface area (Å²) in [5.41, 5.74) is 3.80. The van der Waals surface area contributed by atoms with Crippen molar-refractivity contribution in [1.29, 1.82) is 0 Å². The van der Waals surface area contributed by atoms with Gasteiger partial charge in [-0.2, -0.15) is 0 Å². The van der Waals surface area contributed by atoms with Crippen LogP contribution in [0.4, 0.5) is 0 Å². The van der Waals surface area contributed by atoms with Crippen LogP contribution in [0.3, 0.4) is 0 Å². The predicted octanol–water partition coefficient (Wildman–Crippen LogP) is 1.56. The molecule has 86 valence electrons. The molecule has 0 radical (unpaired) electrons. The van der Waals surface area contributed by atoms with Crippen molar-refractivity contribution in [2.75, 3.05) is 7.05 Å². The molecule has 2 aliphatic rings. The second-order valence-corrected chi connectivity index (χ2v) is 4.60. The molecule has 0 bridgehead atoms. The van der Waals surface area contributed by atoms with Crippen LogP contribution in [0.25, 0.3) is 0 Å². The topological polar surface area (TPSA) is 41.4 Å². The minimum absolute atomic E-state index is 0.194. The molecule has 1 aromatic heterocycles. The van der Waals surface area contributed by atoms with Gasteiger partial charge in [-0.1, -0.05) is 19.1 Å². The predicted molar refractivity (Wildman–Crippen MR) is 70.2 cm³/mol. The number of thiocarbonyl (C=S) groups is 1. The van der Waals surface area contributed by atoms with Crippen LogP contribution in [0.2, 0.25) is 0 Å². The van der Waals surface area contributed by atoms with Gasteiger partial charge in [0, 0.05) is 18.8 Å². The van der Waals surface area contributed by atoms with Gasteiger partial charge >= 0.3 is 0 Å². The van der Waals surface area contributed by atoms with E-state index in [1.807, 2.05) is 13.1 Å².